The average Bonchev–Trinajstić information content (AvgIpc) is 3.13. The van der Waals surface area contributed by atoms with Gasteiger partial charge in [0.2, 0.25) is 11.9 Å². The number of fused-ring (bicyclic) bond motifs is 1. The molecule has 0 unspecified atom stereocenters. The van der Waals surface area contributed by atoms with Gasteiger partial charge in [0.15, 0.2) is 5.82 Å². The molecule has 8 nitrogen and oxygen atoms in total. The van der Waals surface area contributed by atoms with Gasteiger partial charge in [0, 0.05) is 41.9 Å². The van der Waals surface area contributed by atoms with Crippen LogP contribution in [0.25, 0.3) is 10.9 Å². The lowest BCUT2D eigenvalue weighted by atomic mass is 10.1. The van der Waals surface area contributed by atoms with E-state index in [1.54, 1.807) is 6.20 Å². The van der Waals surface area contributed by atoms with Crippen LogP contribution in [0.3, 0.4) is 0 Å². The number of amides is 1. The number of para-hydroxylation sites is 1. The van der Waals surface area contributed by atoms with E-state index < -0.39 is 0 Å². The van der Waals surface area contributed by atoms with Crippen molar-refractivity contribution in [2.24, 2.45) is 0 Å². The lowest BCUT2D eigenvalue weighted by Crippen LogP contribution is -2.09. The van der Waals surface area contributed by atoms with E-state index in [0.29, 0.717) is 18.3 Å². The third kappa shape index (κ3) is 4.67. The summed E-state index contributed by atoms with van der Waals surface area (Å²) in [6.07, 6.45) is 4.44. The van der Waals surface area contributed by atoms with E-state index in [9.17, 15) is 4.79 Å². The molecule has 4 rings (SSSR count). The van der Waals surface area contributed by atoms with Crippen molar-refractivity contribution in [3.05, 3.63) is 66.5 Å². The molecular weight excluding hydrogens is 366 g/mol. The summed E-state index contributed by atoms with van der Waals surface area (Å²) in [7, 11) is 0. The topological polar surface area (TPSA) is 108 Å². The first-order chi connectivity index (χ1) is 14.2. The van der Waals surface area contributed by atoms with Gasteiger partial charge in [-0.1, -0.05) is 18.2 Å². The fourth-order valence-electron chi connectivity index (χ4n) is 3.07. The largest absolute Gasteiger partial charge is 0.361 e. The Kier molecular flexibility index (Phi) is 5.33. The molecule has 0 fully saturated rings. The molecule has 146 valence electrons. The second-order valence-electron chi connectivity index (χ2n) is 6.59. The zero-order valence-corrected chi connectivity index (χ0v) is 15.9. The van der Waals surface area contributed by atoms with Crippen LogP contribution in [0.1, 0.15) is 12.5 Å². The smallest absolute Gasteiger partial charge is 0.244 e. The quantitative estimate of drug-likeness (QED) is 0.385. The van der Waals surface area contributed by atoms with Crippen molar-refractivity contribution in [1.29, 1.82) is 0 Å². The highest BCUT2D eigenvalue weighted by Gasteiger charge is 2.05. The number of aromatic amines is 1. The lowest BCUT2D eigenvalue weighted by molar-refractivity contribution is -0.114. The molecule has 0 aliphatic carbocycles. The summed E-state index contributed by atoms with van der Waals surface area (Å²) < 4.78 is 0. The summed E-state index contributed by atoms with van der Waals surface area (Å²) in [6, 6.07) is 15.6. The number of rotatable bonds is 7. The molecule has 0 atom stereocenters. The lowest BCUT2D eigenvalue weighted by Gasteiger charge is -2.08. The fourth-order valence-corrected chi connectivity index (χ4v) is 3.07. The zero-order valence-electron chi connectivity index (χ0n) is 15.9. The molecule has 0 radical (unpaired) electrons. The molecule has 4 N–H and O–H groups in total. The first-order valence-corrected chi connectivity index (χ1v) is 9.30. The predicted octanol–water partition coefficient (Wildman–Crippen LogP) is 3.71. The molecule has 1 amide bonds. The molecular formula is C21H21N7O. The number of carbonyl (C=O) groups excluding carboxylic acids is 1. The minimum absolute atomic E-state index is 0.103. The predicted molar refractivity (Wildman–Crippen MR) is 114 cm³/mol. The number of hydrogen-bond donors (Lipinski definition) is 4. The first-order valence-electron chi connectivity index (χ1n) is 9.30. The van der Waals surface area contributed by atoms with Crippen LogP contribution in [0.4, 0.5) is 23.1 Å². The number of benzene rings is 2. The molecule has 2 aromatic heterocycles. The molecule has 0 bridgehead atoms. The Labute approximate surface area is 167 Å². The van der Waals surface area contributed by atoms with E-state index in [0.717, 1.165) is 23.3 Å². The van der Waals surface area contributed by atoms with Crippen molar-refractivity contribution in [2.75, 3.05) is 22.5 Å². The Bertz CT molecular complexity index is 1120. The summed E-state index contributed by atoms with van der Waals surface area (Å²) in [4.78, 5) is 18.8. The van der Waals surface area contributed by atoms with Crippen LogP contribution in [0.15, 0.2) is 60.9 Å². The van der Waals surface area contributed by atoms with Crippen molar-refractivity contribution < 1.29 is 4.79 Å². The SMILES string of the molecule is CC(=O)Nc1ccc(Nc2cnnc(NCCc3c[nH]c4ccccc34)n2)cc1. The molecule has 0 aliphatic heterocycles. The van der Waals surface area contributed by atoms with Gasteiger partial charge in [-0.25, -0.2) is 0 Å². The van der Waals surface area contributed by atoms with Crippen molar-refractivity contribution in [3.63, 3.8) is 0 Å². The Morgan fingerprint density at radius 3 is 2.69 bits per heavy atom. The van der Waals surface area contributed by atoms with Gasteiger partial charge in [0.05, 0.1) is 6.20 Å². The number of hydrogen-bond acceptors (Lipinski definition) is 6. The van der Waals surface area contributed by atoms with Crippen LogP contribution in [0.2, 0.25) is 0 Å². The monoisotopic (exact) mass is 387 g/mol. The third-order valence-electron chi connectivity index (χ3n) is 4.39. The number of aromatic nitrogens is 4. The standard InChI is InChI=1S/C21H21N7O/c1-14(29)25-16-6-8-17(9-7-16)26-20-13-24-28-21(27-20)22-11-10-15-12-23-19-5-3-2-4-18(15)19/h2-9,12-13,23H,10-11H2,1H3,(H,25,29)(H2,22,26,27,28). The van der Waals surface area contributed by atoms with Crippen LogP contribution >= 0.6 is 0 Å². The summed E-state index contributed by atoms with van der Waals surface area (Å²) in [5, 5.41) is 18.4. The molecule has 2 aromatic carbocycles. The Balaban J connectivity index is 1.35. The highest BCUT2D eigenvalue weighted by Crippen LogP contribution is 2.19. The molecule has 4 aromatic rings. The number of carbonyl (C=O) groups is 1. The molecule has 8 heteroatoms. The van der Waals surface area contributed by atoms with Gasteiger partial charge in [-0.2, -0.15) is 10.1 Å². The Morgan fingerprint density at radius 1 is 1.07 bits per heavy atom. The summed E-state index contributed by atoms with van der Waals surface area (Å²) in [5.41, 5.74) is 3.96. The van der Waals surface area contributed by atoms with Gasteiger partial charge in [-0.15, -0.1) is 5.10 Å². The van der Waals surface area contributed by atoms with Crippen LogP contribution in [-0.2, 0) is 11.2 Å². The maximum absolute atomic E-state index is 11.1. The highest BCUT2D eigenvalue weighted by molar-refractivity contribution is 5.88. The van der Waals surface area contributed by atoms with Gasteiger partial charge in [-0.05, 0) is 42.3 Å². The molecule has 29 heavy (non-hydrogen) atoms. The highest BCUT2D eigenvalue weighted by atomic mass is 16.1. The minimum atomic E-state index is -0.103. The zero-order chi connectivity index (χ0) is 20.1. The molecule has 0 spiro atoms. The molecule has 0 aliphatic rings. The van der Waals surface area contributed by atoms with Gasteiger partial charge < -0.3 is 20.9 Å². The number of anilines is 4. The second kappa shape index (κ2) is 8.39. The van der Waals surface area contributed by atoms with Crippen molar-refractivity contribution in [2.45, 2.75) is 13.3 Å². The van der Waals surface area contributed by atoms with Gasteiger partial charge in [0.1, 0.15) is 0 Å². The molecule has 0 saturated carbocycles. The summed E-state index contributed by atoms with van der Waals surface area (Å²) >= 11 is 0. The maximum atomic E-state index is 11.1. The van der Waals surface area contributed by atoms with Gasteiger partial charge in [-0.3, -0.25) is 4.79 Å². The fraction of sp³-hybridized carbons (Fsp3) is 0.143. The second-order valence-corrected chi connectivity index (χ2v) is 6.59. The summed E-state index contributed by atoms with van der Waals surface area (Å²) in [5.74, 6) is 0.945. The number of nitrogens with zero attached hydrogens (tertiary/aromatic N) is 3. The van der Waals surface area contributed by atoms with E-state index >= 15 is 0 Å². The van der Waals surface area contributed by atoms with E-state index in [1.807, 2.05) is 42.6 Å². The van der Waals surface area contributed by atoms with E-state index in [-0.39, 0.29) is 5.91 Å². The molecule has 2 heterocycles. The maximum Gasteiger partial charge on any atom is 0.244 e. The van der Waals surface area contributed by atoms with Crippen molar-refractivity contribution in [1.82, 2.24) is 20.2 Å². The summed E-state index contributed by atoms with van der Waals surface area (Å²) in [6.45, 7) is 2.17. The third-order valence-corrected chi connectivity index (χ3v) is 4.39. The molecule has 0 saturated heterocycles. The van der Waals surface area contributed by atoms with E-state index in [1.165, 1.54) is 17.9 Å². The average molecular weight is 387 g/mol. The van der Waals surface area contributed by atoms with Gasteiger partial charge in [0.25, 0.3) is 0 Å². The minimum Gasteiger partial charge on any atom is -0.361 e. The van der Waals surface area contributed by atoms with Crippen LogP contribution in [0.5, 0.6) is 0 Å². The van der Waals surface area contributed by atoms with Crippen LogP contribution in [0, 0.1) is 0 Å². The first kappa shape index (κ1) is 18.4. The van der Waals surface area contributed by atoms with Gasteiger partial charge >= 0.3 is 0 Å². The number of H-pyrrole nitrogens is 1. The van der Waals surface area contributed by atoms with Crippen LogP contribution in [-0.4, -0.2) is 32.6 Å². The Morgan fingerprint density at radius 2 is 1.86 bits per heavy atom. The van der Waals surface area contributed by atoms with Crippen LogP contribution < -0.4 is 16.0 Å². The number of nitrogens with one attached hydrogen (secondary N) is 4. The van der Waals surface area contributed by atoms with Crippen molar-refractivity contribution >= 4 is 40.0 Å². The van der Waals surface area contributed by atoms with E-state index in [2.05, 4.69) is 48.2 Å². The van der Waals surface area contributed by atoms with E-state index in [4.69, 9.17) is 0 Å². The van der Waals surface area contributed by atoms with Crippen molar-refractivity contribution in [3.8, 4) is 0 Å². The Hall–Kier alpha value is -3.94. The normalized spacial score (nSPS) is 10.7.